The van der Waals surface area contributed by atoms with Crippen molar-refractivity contribution in [2.24, 2.45) is 5.92 Å². The number of nitrogens with one attached hydrogen (secondary N) is 2. The van der Waals surface area contributed by atoms with Crippen molar-refractivity contribution in [2.45, 2.75) is 26.7 Å². The number of halogens is 1. The first kappa shape index (κ1) is 24.7. The van der Waals surface area contributed by atoms with E-state index in [0.717, 1.165) is 60.7 Å². The minimum Gasteiger partial charge on any atom is -0.437 e. The maximum absolute atomic E-state index is 13.9. The molecule has 0 spiro atoms. The largest absolute Gasteiger partial charge is 0.437 e. The van der Waals surface area contributed by atoms with Crippen molar-refractivity contribution >= 4 is 17.2 Å². The molecule has 9 heteroatoms. The molecule has 1 aliphatic heterocycles. The fraction of sp³-hybridized carbons (Fsp3) is 0.321. The third-order valence-electron chi connectivity index (χ3n) is 6.73. The molecule has 0 saturated carbocycles. The number of fused-ring (bicyclic) bond motifs is 1. The molecule has 0 bridgehead atoms. The number of imidazole rings is 1. The smallest absolute Gasteiger partial charge is 0.251 e. The van der Waals surface area contributed by atoms with Gasteiger partial charge < -0.3 is 20.1 Å². The summed E-state index contributed by atoms with van der Waals surface area (Å²) in [4.78, 5) is 16.8. The zero-order valence-electron chi connectivity index (χ0n) is 21.2. The van der Waals surface area contributed by atoms with E-state index in [2.05, 4.69) is 15.6 Å². The van der Waals surface area contributed by atoms with E-state index in [9.17, 15) is 9.18 Å². The SMILES string of the molecule is CNC(=O)c1ccc(-c2cnc3c(NCC4CCOCC4)cc(Oc4cc(F)ccc4C)nn23)cc1C. The van der Waals surface area contributed by atoms with Crippen LogP contribution >= 0.6 is 0 Å². The summed E-state index contributed by atoms with van der Waals surface area (Å²) in [5, 5.41) is 10.9. The Hall–Kier alpha value is -3.98. The number of anilines is 1. The predicted molar refractivity (Wildman–Crippen MR) is 140 cm³/mol. The Bertz CT molecular complexity index is 1450. The van der Waals surface area contributed by atoms with Crippen LogP contribution in [0.25, 0.3) is 16.9 Å². The molecule has 8 nitrogen and oxygen atoms in total. The van der Waals surface area contributed by atoms with Crippen molar-refractivity contribution < 1.29 is 18.7 Å². The highest BCUT2D eigenvalue weighted by atomic mass is 19.1. The third kappa shape index (κ3) is 5.27. The summed E-state index contributed by atoms with van der Waals surface area (Å²) >= 11 is 0. The highest BCUT2D eigenvalue weighted by Gasteiger charge is 2.19. The van der Waals surface area contributed by atoms with Crippen molar-refractivity contribution in [3.63, 3.8) is 0 Å². The van der Waals surface area contributed by atoms with E-state index in [1.807, 2.05) is 26.0 Å². The number of aromatic nitrogens is 3. The maximum atomic E-state index is 13.9. The minimum absolute atomic E-state index is 0.138. The number of aryl methyl sites for hydroxylation is 2. The van der Waals surface area contributed by atoms with Gasteiger partial charge in [0.25, 0.3) is 5.91 Å². The molecular weight excluding hydrogens is 473 g/mol. The van der Waals surface area contributed by atoms with Crippen LogP contribution in [0.3, 0.4) is 0 Å². The van der Waals surface area contributed by atoms with E-state index < -0.39 is 0 Å². The summed E-state index contributed by atoms with van der Waals surface area (Å²) in [7, 11) is 1.61. The van der Waals surface area contributed by atoms with Crippen molar-refractivity contribution in [1.82, 2.24) is 19.9 Å². The molecule has 0 aliphatic carbocycles. The van der Waals surface area contributed by atoms with Gasteiger partial charge in [-0.05, 0) is 61.9 Å². The summed E-state index contributed by atoms with van der Waals surface area (Å²) in [5.41, 5.74) is 5.28. The number of amides is 1. The lowest BCUT2D eigenvalue weighted by Crippen LogP contribution is -2.23. The van der Waals surface area contributed by atoms with Gasteiger partial charge >= 0.3 is 0 Å². The standard InChI is InChI=1S/C28H30FN5O3/c1-17-4-6-21(29)13-25(17)37-26-14-23(31-15-19-8-10-36-11-9-19)27-32-16-24(34(27)33-26)20-5-7-22(18(2)12-20)28(35)30-3/h4-7,12-14,16,19,31H,8-11,15H2,1-3H3,(H,30,35). The van der Waals surface area contributed by atoms with Crippen LogP contribution in [0.2, 0.25) is 0 Å². The van der Waals surface area contributed by atoms with Crippen LogP contribution in [0.5, 0.6) is 11.6 Å². The van der Waals surface area contributed by atoms with Gasteiger partial charge in [-0.15, -0.1) is 5.10 Å². The van der Waals surface area contributed by atoms with Crippen LogP contribution in [0.1, 0.15) is 34.3 Å². The Kier molecular flexibility index (Phi) is 7.05. The quantitative estimate of drug-likeness (QED) is 0.363. The van der Waals surface area contributed by atoms with E-state index in [4.69, 9.17) is 14.6 Å². The van der Waals surface area contributed by atoms with Gasteiger partial charge in [0, 0.05) is 50.1 Å². The molecule has 2 aromatic heterocycles. The minimum atomic E-state index is -0.380. The second-order valence-corrected chi connectivity index (χ2v) is 9.33. The molecule has 1 fully saturated rings. The first-order valence-corrected chi connectivity index (χ1v) is 12.4. The van der Waals surface area contributed by atoms with Crippen LogP contribution in [0.15, 0.2) is 48.7 Å². The highest BCUT2D eigenvalue weighted by Crippen LogP contribution is 2.31. The summed E-state index contributed by atoms with van der Waals surface area (Å²) in [6.07, 6.45) is 3.75. The fourth-order valence-corrected chi connectivity index (χ4v) is 4.54. The normalized spacial score (nSPS) is 14.1. The van der Waals surface area contributed by atoms with Gasteiger partial charge in [0.15, 0.2) is 5.65 Å². The second-order valence-electron chi connectivity index (χ2n) is 9.33. The van der Waals surface area contributed by atoms with Crippen molar-refractivity contribution in [1.29, 1.82) is 0 Å². The Balaban J connectivity index is 1.55. The molecule has 1 saturated heterocycles. The van der Waals surface area contributed by atoms with E-state index in [1.54, 1.807) is 36.0 Å². The van der Waals surface area contributed by atoms with Gasteiger partial charge in [0.2, 0.25) is 5.88 Å². The van der Waals surface area contributed by atoms with E-state index in [0.29, 0.717) is 28.8 Å². The molecule has 37 heavy (non-hydrogen) atoms. The lowest BCUT2D eigenvalue weighted by molar-refractivity contribution is 0.0699. The molecule has 0 atom stereocenters. The molecule has 0 unspecified atom stereocenters. The van der Waals surface area contributed by atoms with Crippen LogP contribution in [0.4, 0.5) is 10.1 Å². The number of rotatable bonds is 7. The summed E-state index contributed by atoms with van der Waals surface area (Å²) in [6.45, 7) is 6.06. The lowest BCUT2D eigenvalue weighted by atomic mass is 10.0. The average molecular weight is 504 g/mol. The van der Waals surface area contributed by atoms with Crippen molar-refractivity contribution in [3.05, 3.63) is 71.2 Å². The monoisotopic (exact) mass is 503 g/mol. The summed E-state index contributed by atoms with van der Waals surface area (Å²) < 4.78 is 27.2. The Morgan fingerprint density at radius 3 is 2.70 bits per heavy atom. The molecule has 4 aromatic rings. The molecule has 0 radical (unpaired) electrons. The fourth-order valence-electron chi connectivity index (χ4n) is 4.54. The summed E-state index contributed by atoms with van der Waals surface area (Å²) in [6, 6.07) is 11.8. The average Bonchev–Trinajstić information content (AvgIpc) is 3.33. The zero-order valence-corrected chi connectivity index (χ0v) is 21.2. The van der Waals surface area contributed by atoms with E-state index >= 15 is 0 Å². The molecule has 5 rings (SSSR count). The summed E-state index contributed by atoms with van der Waals surface area (Å²) in [5.74, 6) is 0.685. The first-order chi connectivity index (χ1) is 17.9. The van der Waals surface area contributed by atoms with Gasteiger partial charge in [0.05, 0.1) is 17.6 Å². The van der Waals surface area contributed by atoms with Crippen molar-refractivity contribution in [2.75, 3.05) is 32.1 Å². The molecule has 3 heterocycles. The number of ether oxygens (including phenoxy) is 2. The molecular formula is C28H30FN5O3. The number of hydrogen-bond donors (Lipinski definition) is 2. The predicted octanol–water partition coefficient (Wildman–Crippen LogP) is 5.14. The van der Waals surface area contributed by atoms with Crippen LogP contribution in [-0.2, 0) is 4.74 Å². The topological polar surface area (TPSA) is 89.8 Å². The van der Waals surface area contributed by atoms with Crippen LogP contribution < -0.4 is 15.4 Å². The van der Waals surface area contributed by atoms with Crippen LogP contribution in [0, 0.1) is 25.6 Å². The van der Waals surface area contributed by atoms with Gasteiger partial charge in [-0.2, -0.15) is 0 Å². The number of nitrogens with zero attached hydrogens (tertiary/aromatic N) is 3. The number of benzene rings is 2. The molecule has 1 amide bonds. The van der Waals surface area contributed by atoms with Gasteiger partial charge in [-0.3, -0.25) is 4.79 Å². The first-order valence-electron chi connectivity index (χ1n) is 12.4. The Morgan fingerprint density at radius 2 is 1.95 bits per heavy atom. The van der Waals surface area contributed by atoms with Gasteiger partial charge in [-0.25, -0.2) is 13.9 Å². The second kappa shape index (κ2) is 10.6. The van der Waals surface area contributed by atoms with Crippen LogP contribution in [-0.4, -0.2) is 47.3 Å². The number of hydrogen-bond acceptors (Lipinski definition) is 6. The molecule has 2 aromatic carbocycles. The molecule has 2 N–H and O–H groups in total. The molecule has 192 valence electrons. The van der Waals surface area contributed by atoms with Crippen molar-refractivity contribution in [3.8, 4) is 22.9 Å². The van der Waals surface area contributed by atoms with Gasteiger partial charge in [-0.1, -0.05) is 12.1 Å². The third-order valence-corrected chi connectivity index (χ3v) is 6.73. The Morgan fingerprint density at radius 1 is 1.14 bits per heavy atom. The highest BCUT2D eigenvalue weighted by molar-refractivity contribution is 5.96. The molecule has 1 aliphatic rings. The van der Waals surface area contributed by atoms with Gasteiger partial charge in [0.1, 0.15) is 11.6 Å². The Labute approximate surface area is 214 Å². The van der Waals surface area contributed by atoms with E-state index in [-0.39, 0.29) is 11.7 Å². The number of carbonyl (C=O) groups excluding carboxylic acids is 1. The maximum Gasteiger partial charge on any atom is 0.251 e. The lowest BCUT2D eigenvalue weighted by Gasteiger charge is -2.23. The zero-order chi connectivity index (χ0) is 25.9. The van der Waals surface area contributed by atoms with E-state index in [1.165, 1.54) is 12.1 Å². The number of carbonyl (C=O) groups is 1.